The normalized spacial score (nSPS) is 16.9. The molecule has 3 amide bonds. The molecule has 0 aliphatic carbocycles. The third-order valence-electron chi connectivity index (χ3n) is 5.08. The van der Waals surface area contributed by atoms with Crippen LogP contribution in [0.3, 0.4) is 0 Å². The summed E-state index contributed by atoms with van der Waals surface area (Å²) in [6, 6.07) is 17.8. The lowest BCUT2D eigenvalue weighted by Crippen LogP contribution is -2.50. The number of carbonyl (C=O) groups excluding carboxylic acids is 2. The van der Waals surface area contributed by atoms with Gasteiger partial charge in [0.05, 0.1) is 6.54 Å². The predicted molar refractivity (Wildman–Crippen MR) is 107 cm³/mol. The fraction of sp³-hybridized carbons (Fsp3) is 0.333. The lowest BCUT2D eigenvalue weighted by Gasteiger charge is -2.36. The number of cyclic esters (lactones) is 1. The van der Waals surface area contributed by atoms with Crippen molar-refractivity contribution in [2.75, 3.05) is 49.5 Å². The molecule has 2 saturated heterocycles. The van der Waals surface area contributed by atoms with Gasteiger partial charge in [-0.05, 0) is 29.8 Å². The molecule has 28 heavy (non-hydrogen) atoms. The smallest absolute Gasteiger partial charge is 0.410 e. The standard InChI is InChI=1S/C21H24N4O3/c26-20(24-11-9-23(10-12-24)19-7-2-1-3-8-19)22-18-6-4-5-17(15-18)16-25-13-14-28-21(25)27/h1-8,15H,9-14,16H2,(H,22,26). The number of piperazine rings is 1. The second-order valence-electron chi connectivity index (χ2n) is 6.98. The summed E-state index contributed by atoms with van der Waals surface area (Å²) in [5.74, 6) is 0. The number of amides is 3. The van der Waals surface area contributed by atoms with Gasteiger partial charge < -0.3 is 24.8 Å². The van der Waals surface area contributed by atoms with Gasteiger partial charge in [-0.1, -0.05) is 30.3 Å². The van der Waals surface area contributed by atoms with E-state index < -0.39 is 0 Å². The van der Waals surface area contributed by atoms with Crippen molar-refractivity contribution in [1.29, 1.82) is 0 Å². The van der Waals surface area contributed by atoms with Crippen molar-refractivity contribution in [3.63, 3.8) is 0 Å². The highest BCUT2D eigenvalue weighted by Crippen LogP contribution is 2.18. The van der Waals surface area contributed by atoms with Gasteiger partial charge in [0.15, 0.2) is 0 Å². The molecule has 2 aromatic carbocycles. The van der Waals surface area contributed by atoms with Crippen LogP contribution in [-0.4, -0.2) is 61.3 Å². The first-order chi connectivity index (χ1) is 13.7. The molecule has 146 valence electrons. The van der Waals surface area contributed by atoms with E-state index in [-0.39, 0.29) is 12.1 Å². The fourth-order valence-electron chi connectivity index (χ4n) is 3.55. The van der Waals surface area contributed by atoms with Crippen molar-refractivity contribution in [1.82, 2.24) is 9.80 Å². The van der Waals surface area contributed by atoms with Gasteiger partial charge >= 0.3 is 12.1 Å². The molecule has 2 fully saturated rings. The average molecular weight is 380 g/mol. The number of nitrogens with zero attached hydrogens (tertiary/aromatic N) is 3. The number of para-hydroxylation sites is 1. The highest BCUT2D eigenvalue weighted by molar-refractivity contribution is 5.89. The number of rotatable bonds is 4. The van der Waals surface area contributed by atoms with Crippen LogP contribution in [0.2, 0.25) is 0 Å². The molecule has 4 rings (SSSR count). The Morgan fingerprint density at radius 3 is 2.46 bits per heavy atom. The Hall–Kier alpha value is -3.22. The number of benzene rings is 2. The number of carbonyl (C=O) groups is 2. The first-order valence-electron chi connectivity index (χ1n) is 9.55. The molecule has 1 N–H and O–H groups in total. The zero-order valence-corrected chi connectivity index (χ0v) is 15.7. The molecular formula is C21H24N4O3. The Morgan fingerprint density at radius 1 is 0.964 bits per heavy atom. The topological polar surface area (TPSA) is 65.1 Å². The summed E-state index contributed by atoms with van der Waals surface area (Å²) in [5.41, 5.74) is 2.89. The Balaban J connectivity index is 1.31. The van der Waals surface area contributed by atoms with Crippen molar-refractivity contribution in [2.24, 2.45) is 0 Å². The van der Waals surface area contributed by atoms with Crippen molar-refractivity contribution < 1.29 is 14.3 Å². The fourth-order valence-corrected chi connectivity index (χ4v) is 3.55. The SMILES string of the molecule is O=C(Nc1cccc(CN2CCOC2=O)c1)N1CCN(c2ccccc2)CC1. The van der Waals surface area contributed by atoms with Crippen LogP contribution in [0.5, 0.6) is 0 Å². The molecule has 2 aliphatic heterocycles. The first kappa shape index (κ1) is 18.2. The van der Waals surface area contributed by atoms with Gasteiger partial charge in [-0.15, -0.1) is 0 Å². The van der Waals surface area contributed by atoms with Crippen LogP contribution >= 0.6 is 0 Å². The number of hydrogen-bond acceptors (Lipinski definition) is 4. The Kier molecular flexibility index (Phi) is 5.32. The number of anilines is 2. The van der Waals surface area contributed by atoms with E-state index in [1.54, 1.807) is 4.90 Å². The van der Waals surface area contributed by atoms with Crippen molar-refractivity contribution >= 4 is 23.5 Å². The second kappa shape index (κ2) is 8.21. The molecule has 7 heteroatoms. The molecule has 0 atom stereocenters. The molecule has 2 heterocycles. The number of ether oxygens (including phenoxy) is 1. The van der Waals surface area contributed by atoms with Crippen LogP contribution in [0, 0.1) is 0 Å². The highest BCUT2D eigenvalue weighted by Gasteiger charge is 2.23. The number of hydrogen-bond donors (Lipinski definition) is 1. The Bertz CT molecular complexity index is 835. The summed E-state index contributed by atoms with van der Waals surface area (Å²) in [7, 11) is 0. The van der Waals surface area contributed by atoms with Crippen LogP contribution in [0.15, 0.2) is 54.6 Å². The van der Waals surface area contributed by atoms with Crippen molar-refractivity contribution in [3.8, 4) is 0 Å². The largest absolute Gasteiger partial charge is 0.448 e. The number of nitrogens with one attached hydrogen (secondary N) is 1. The monoisotopic (exact) mass is 380 g/mol. The van der Waals surface area contributed by atoms with E-state index in [1.807, 2.05) is 47.4 Å². The van der Waals surface area contributed by atoms with Gasteiger partial charge in [0.25, 0.3) is 0 Å². The summed E-state index contributed by atoms with van der Waals surface area (Å²) in [6.07, 6.45) is -0.286. The van der Waals surface area contributed by atoms with Gasteiger partial charge in [-0.25, -0.2) is 9.59 Å². The maximum Gasteiger partial charge on any atom is 0.410 e. The second-order valence-corrected chi connectivity index (χ2v) is 6.98. The quantitative estimate of drug-likeness (QED) is 0.886. The average Bonchev–Trinajstić information content (AvgIpc) is 3.13. The molecule has 2 aromatic rings. The Labute approximate surface area is 164 Å². The predicted octanol–water partition coefficient (Wildman–Crippen LogP) is 2.99. The molecule has 0 spiro atoms. The third-order valence-corrected chi connectivity index (χ3v) is 5.08. The Morgan fingerprint density at radius 2 is 1.75 bits per heavy atom. The summed E-state index contributed by atoms with van der Waals surface area (Å²) < 4.78 is 4.96. The summed E-state index contributed by atoms with van der Waals surface area (Å²) in [5, 5.41) is 2.98. The summed E-state index contributed by atoms with van der Waals surface area (Å²) in [4.78, 5) is 30.0. The summed E-state index contributed by atoms with van der Waals surface area (Å²) in [6.45, 7) is 4.51. The van der Waals surface area contributed by atoms with E-state index in [0.717, 1.165) is 24.3 Å². The third kappa shape index (κ3) is 4.19. The number of urea groups is 1. The molecule has 7 nitrogen and oxygen atoms in total. The van der Waals surface area contributed by atoms with Crippen LogP contribution in [0.4, 0.5) is 21.0 Å². The zero-order valence-electron chi connectivity index (χ0n) is 15.7. The minimum atomic E-state index is -0.286. The van der Waals surface area contributed by atoms with Crippen molar-refractivity contribution in [2.45, 2.75) is 6.54 Å². The van der Waals surface area contributed by atoms with Gasteiger partial charge in [-0.2, -0.15) is 0 Å². The minimum absolute atomic E-state index is 0.0922. The maximum atomic E-state index is 12.6. The molecule has 0 unspecified atom stereocenters. The molecule has 0 saturated carbocycles. The van der Waals surface area contributed by atoms with E-state index >= 15 is 0 Å². The molecule has 2 aliphatic rings. The first-order valence-corrected chi connectivity index (χ1v) is 9.55. The van der Waals surface area contributed by atoms with Gasteiger partial charge in [0.2, 0.25) is 0 Å². The molecule has 0 bridgehead atoms. The highest BCUT2D eigenvalue weighted by atomic mass is 16.6. The van der Waals surface area contributed by atoms with Crippen LogP contribution in [0.1, 0.15) is 5.56 Å². The van der Waals surface area contributed by atoms with E-state index in [9.17, 15) is 9.59 Å². The van der Waals surface area contributed by atoms with E-state index in [0.29, 0.717) is 32.8 Å². The van der Waals surface area contributed by atoms with Crippen molar-refractivity contribution in [3.05, 3.63) is 60.2 Å². The van der Waals surface area contributed by atoms with Gasteiger partial charge in [-0.3, -0.25) is 0 Å². The summed E-state index contributed by atoms with van der Waals surface area (Å²) >= 11 is 0. The zero-order chi connectivity index (χ0) is 19.3. The molecule has 0 aromatic heterocycles. The van der Waals surface area contributed by atoms with Gasteiger partial charge in [0, 0.05) is 44.1 Å². The van der Waals surface area contributed by atoms with Crippen LogP contribution in [0.25, 0.3) is 0 Å². The van der Waals surface area contributed by atoms with Crippen LogP contribution < -0.4 is 10.2 Å². The molecular weight excluding hydrogens is 356 g/mol. The van der Waals surface area contributed by atoms with E-state index in [2.05, 4.69) is 22.3 Å². The van der Waals surface area contributed by atoms with Gasteiger partial charge in [0.1, 0.15) is 6.61 Å². The lowest BCUT2D eigenvalue weighted by molar-refractivity contribution is 0.157. The maximum absolute atomic E-state index is 12.6. The lowest BCUT2D eigenvalue weighted by atomic mass is 10.2. The van der Waals surface area contributed by atoms with E-state index in [4.69, 9.17) is 4.74 Å². The molecule has 0 radical (unpaired) electrons. The van der Waals surface area contributed by atoms with Crippen LogP contribution in [-0.2, 0) is 11.3 Å². The van der Waals surface area contributed by atoms with E-state index in [1.165, 1.54) is 5.69 Å². The minimum Gasteiger partial charge on any atom is -0.448 e.